The van der Waals surface area contributed by atoms with Crippen molar-refractivity contribution in [2.24, 2.45) is 11.7 Å². The minimum atomic E-state index is 0.0677. The van der Waals surface area contributed by atoms with E-state index in [2.05, 4.69) is 0 Å². The Bertz CT molecular complexity index is 228. The maximum Gasteiger partial charge on any atom is 0.159 e. The highest BCUT2D eigenvalue weighted by molar-refractivity contribution is 5.96. The Balaban J connectivity index is 2.80. The highest BCUT2D eigenvalue weighted by atomic mass is 16.1. The van der Waals surface area contributed by atoms with Crippen molar-refractivity contribution < 1.29 is 4.79 Å². The van der Waals surface area contributed by atoms with Crippen molar-refractivity contribution in [2.75, 3.05) is 0 Å². The molecule has 0 spiro atoms. The molecule has 0 aromatic rings. The number of hydrogen-bond acceptors (Lipinski definition) is 2. The zero-order valence-corrected chi connectivity index (χ0v) is 6.87. The topological polar surface area (TPSA) is 43.1 Å². The molecule has 1 aliphatic carbocycles. The monoisotopic (exact) mass is 151 g/mol. The molecule has 1 rings (SSSR count). The minimum absolute atomic E-state index is 0.0677. The number of carbonyl (C=O) groups excluding carboxylic acids is 1. The van der Waals surface area contributed by atoms with Gasteiger partial charge >= 0.3 is 0 Å². The summed E-state index contributed by atoms with van der Waals surface area (Å²) >= 11 is 0. The van der Waals surface area contributed by atoms with E-state index in [0.717, 1.165) is 5.57 Å². The molecule has 11 heavy (non-hydrogen) atoms. The average Bonchev–Trinajstić information content (AvgIpc) is 1.94. The maximum atomic E-state index is 10.9. The number of allylic oxidation sites excluding steroid dienone is 2. The number of Topliss-reactive ketones (excluding diaryl/α,β-unsaturated/α-hetero) is 1. The first-order valence-corrected chi connectivity index (χ1v) is 3.78. The van der Waals surface area contributed by atoms with Crippen molar-refractivity contribution in [3.63, 3.8) is 0 Å². The Kier molecular flexibility index (Phi) is 2.25. The van der Waals surface area contributed by atoms with Gasteiger partial charge in [-0.2, -0.15) is 0 Å². The summed E-state index contributed by atoms with van der Waals surface area (Å²) in [6, 6.07) is 0.0677. The van der Waals surface area contributed by atoms with Crippen LogP contribution in [0.1, 0.15) is 13.8 Å². The lowest BCUT2D eigenvalue weighted by molar-refractivity contribution is -0.113. The molecule has 0 saturated heterocycles. The van der Waals surface area contributed by atoms with Crippen LogP contribution in [0, 0.1) is 5.92 Å². The molecule has 0 amide bonds. The highest BCUT2D eigenvalue weighted by Crippen LogP contribution is 2.15. The Labute approximate surface area is 66.8 Å². The third-order valence-corrected chi connectivity index (χ3v) is 1.95. The fourth-order valence-electron chi connectivity index (χ4n) is 1.07. The predicted molar refractivity (Wildman–Crippen MR) is 45.0 cm³/mol. The normalized spacial score (nSPS) is 29.9. The average molecular weight is 151 g/mol. The van der Waals surface area contributed by atoms with Crippen molar-refractivity contribution in [3.8, 4) is 0 Å². The third-order valence-electron chi connectivity index (χ3n) is 1.95. The number of ketones is 1. The number of nitrogens with two attached hydrogens (primary N) is 1. The summed E-state index contributed by atoms with van der Waals surface area (Å²) < 4.78 is 0. The van der Waals surface area contributed by atoms with Crippen molar-refractivity contribution in [3.05, 3.63) is 23.8 Å². The molecule has 0 aromatic carbocycles. The number of carbonyl (C=O) groups is 1. The highest BCUT2D eigenvalue weighted by Gasteiger charge is 2.13. The summed E-state index contributed by atoms with van der Waals surface area (Å²) in [6.07, 6.45) is 5.60. The van der Waals surface area contributed by atoms with Crippen LogP contribution in [-0.2, 0) is 4.79 Å². The minimum Gasteiger partial charge on any atom is -0.324 e. The summed E-state index contributed by atoms with van der Waals surface area (Å²) in [5, 5.41) is 0. The van der Waals surface area contributed by atoms with Crippen LogP contribution in [0.15, 0.2) is 23.8 Å². The molecule has 0 fully saturated rings. The predicted octanol–water partition coefficient (Wildman–Crippen LogP) is 1.03. The van der Waals surface area contributed by atoms with Crippen LogP contribution in [-0.4, -0.2) is 11.8 Å². The maximum absolute atomic E-state index is 10.9. The van der Waals surface area contributed by atoms with E-state index < -0.39 is 0 Å². The van der Waals surface area contributed by atoms with Crippen LogP contribution >= 0.6 is 0 Å². The van der Waals surface area contributed by atoms with E-state index in [0.29, 0.717) is 0 Å². The van der Waals surface area contributed by atoms with Gasteiger partial charge in [0.1, 0.15) is 0 Å². The van der Waals surface area contributed by atoms with E-state index >= 15 is 0 Å². The van der Waals surface area contributed by atoms with Crippen molar-refractivity contribution in [1.29, 1.82) is 0 Å². The number of rotatable bonds is 1. The smallest absolute Gasteiger partial charge is 0.159 e. The fraction of sp³-hybridized carbons (Fsp3) is 0.444. The van der Waals surface area contributed by atoms with E-state index in [9.17, 15) is 4.79 Å². The van der Waals surface area contributed by atoms with E-state index in [-0.39, 0.29) is 17.7 Å². The molecule has 2 N–H and O–H groups in total. The second-order valence-electron chi connectivity index (χ2n) is 2.97. The van der Waals surface area contributed by atoms with E-state index in [1.807, 2.05) is 19.1 Å². The molecule has 0 saturated carbocycles. The molecule has 0 aromatic heterocycles. The Morgan fingerprint density at radius 3 is 2.73 bits per heavy atom. The van der Waals surface area contributed by atoms with Gasteiger partial charge in [-0.15, -0.1) is 0 Å². The molecule has 2 heteroatoms. The zero-order chi connectivity index (χ0) is 8.43. The van der Waals surface area contributed by atoms with Crippen LogP contribution < -0.4 is 5.73 Å². The second-order valence-corrected chi connectivity index (χ2v) is 2.97. The molecular formula is C9H13NO. The first-order valence-electron chi connectivity index (χ1n) is 3.78. The summed E-state index contributed by atoms with van der Waals surface area (Å²) in [6.45, 7) is 3.58. The van der Waals surface area contributed by atoms with Gasteiger partial charge in [0, 0.05) is 11.6 Å². The van der Waals surface area contributed by atoms with Crippen molar-refractivity contribution in [1.82, 2.24) is 0 Å². The van der Waals surface area contributed by atoms with Gasteiger partial charge in [0.25, 0.3) is 0 Å². The van der Waals surface area contributed by atoms with Gasteiger partial charge in [-0.25, -0.2) is 0 Å². The fourth-order valence-corrected chi connectivity index (χ4v) is 1.07. The van der Waals surface area contributed by atoms with Gasteiger partial charge in [0.2, 0.25) is 0 Å². The summed E-state index contributed by atoms with van der Waals surface area (Å²) in [5.74, 6) is 0.388. The summed E-state index contributed by atoms with van der Waals surface area (Å²) in [7, 11) is 0. The molecule has 2 unspecified atom stereocenters. The van der Waals surface area contributed by atoms with E-state index in [1.54, 1.807) is 13.0 Å². The van der Waals surface area contributed by atoms with Crippen LogP contribution in [0.5, 0.6) is 0 Å². The second kappa shape index (κ2) is 3.01. The first kappa shape index (κ1) is 8.21. The van der Waals surface area contributed by atoms with Gasteiger partial charge in [-0.05, 0) is 12.8 Å². The Hall–Kier alpha value is -0.890. The quantitative estimate of drug-likeness (QED) is 0.608. The zero-order valence-electron chi connectivity index (χ0n) is 6.87. The Morgan fingerprint density at radius 1 is 1.64 bits per heavy atom. The summed E-state index contributed by atoms with van der Waals surface area (Å²) in [4.78, 5) is 10.9. The first-order chi connectivity index (χ1) is 5.11. The van der Waals surface area contributed by atoms with Crippen LogP contribution in [0.4, 0.5) is 0 Å². The van der Waals surface area contributed by atoms with Gasteiger partial charge in [-0.1, -0.05) is 25.2 Å². The van der Waals surface area contributed by atoms with Crippen LogP contribution in [0.3, 0.4) is 0 Å². The molecule has 2 atom stereocenters. The van der Waals surface area contributed by atoms with E-state index in [1.165, 1.54) is 0 Å². The van der Waals surface area contributed by atoms with Crippen molar-refractivity contribution in [2.45, 2.75) is 19.9 Å². The molecule has 60 valence electrons. The molecule has 0 radical (unpaired) electrons. The largest absolute Gasteiger partial charge is 0.324 e. The molecule has 2 nitrogen and oxygen atoms in total. The van der Waals surface area contributed by atoms with Gasteiger partial charge in [0.15, 0.2) is 5.78 Å². The lowest BCUT2D eigenvalue weighted by Crippen LogP contribution is -2.27. The molecule has 0 aliphatic heterocycles. The lowest BCUT2D eigenvalue weighted by Gasteiger charge is -2.17. The lowest BCUT2D eigenvalue weighted by atomic mass is 9.92. The molecule has 1 aliphatic rings. The Morgan fingerprint density at radius 2 is 2.27 bits per heavy atom. The third kappa shape index (κ3) is 1.77. The van der Waals surface area contributed by atoms with Crippen molar-refractivity contribution >= 4 is 5.78 Å². The van der Waals surface area contributed by atoms with Gasteiger partial charge in [0.05, 0.1) is 0 Å². The van der Waals surface area contributed by atoms with Gasteiger partial charge < -0.3 is 5.73 Å². The number of hydrogen-bond donors (Lipinski definition) is 1. The standard InChI is InChI=1S/C9H13NO/c1-6-5-8(7(2)11)3-4-9(6)10/h3-6,9H,10H2,1-2H3. The SMILES string of the molecule is CC(=O)C1=CC(C)C(N)C=C1. The summed E-state index contributed by atoms with van der Waals surface area (Å²) in [5.41, 5.74) is 6.47. The van der Waals surface area contributed by atoms with E-state index in [4.69, 9.17) is 5.73 Å². The molecule has 0 bridgehead atoms. The van der Waals surface area contributed by atoms with Gasteiger partial charge in [-0.3, -0.25) is 4.79 Å². The molecule has 0 heterocycles. The van der Waals surface area contributed by atoms with Crippen LogP contribution in [0.2, 0.25) is 0 Å². The van der Waals surface area contributed by atoms with Crippen LogP contribution in [0.25, 0.3) is 0 Å². The molecular weight excluding hydrogens is 138 g/mol.